The highest BCUT2D eigenvalue weighted by Crippen LogP contribution is 2.24. The molecule has 0 saturated heterocycles. The molecule has 2 aromatic rings. The lowest BCUT2D eigenvalue weighted by Gasteiger charge is -2.09. The van der Waals surface area contributed by atoms with Gasteiger partial charge in [0.15, 0.2) is 0 Å². The van der Waals surface area contributed by atoms with E-state index in [0.29, 0.717) is 0 Å². The first-order valence-corrected chi connectivity index (χ1v) is 7.18. The summed E-state index contributed by atoms with van der Waals surface area (Å²) >= 11 is 1.81. The van der Waals surface area contributed by atoms with Crippen molar-refractivity contribution in [2.75, 3.05) is 5.32 Å². The molecule has 0 radical (unpaired) electrons. The Hall–Kier alpha value is -1.74. The van der Waals surface area contributed by atoms with Gasteiger partial charge in [0.05, 0.1) is 0 Å². The Kier molecular flexibility index (Phi) is 4.63. The zero-order valence-corrected chi connectivity index (χ0v) is 12.0. The molecule has 0 unspecified atom stereocenters. The van der Waals surface area contributed by atoms with Crippen LogP contribution in [-0.2, 0) is 10.5 Å². The molecule has 2 aromatic carbocycles. The third-order valence-corrected chi connectivity index (χ3v) is 3.83. The average molecular weight is 271 g/mol. The van der Waals surface area contributed by atoms with Gasteiger partial charge in [0.2, 0.25) is 5.91 Å². The first kappa shape index (κ1) is 13.7. The molecule has 0 saturated carbocycles. The summed E-state index contributed by atoms with van der Waals surface area (Å²) in [7, 11) is 0. The zero-order chi connectivity index (χ0) is 13.7. The third kappa shape index (κ3) is 4.14. The number of amides is 1. The molecule has 0 aliphatic rings. The first-order chi connectivity index (χ1) is 9.15. The van der Waals surface area contributed by atoms with E-state index in [1.165, 1.54) is 17.4 Å². The minimum atomic E-state index is -0.0329. The highest BCUT2D eigenvalue weighted by molar-refractivity contribution is 7.98. The van der Waals surface area contributed by atoms with Crippen molar-refractivity contribution in [3.05, 3.63) is 59.7 Å². The molecule has 3 heteroatoms. The summed E-state index contributed by atoms with van der Waals surface area (Å²) < 4.78 is 0. The number of rotatable bonds is 4. The molecule has 19 heavy (non-hydrogen) atoms. The van der Waals surface area contributed by atoms with E-state index >= 15 is 0 Å². The average Bonchev–Trinajstić information content (AvgIpc) is 2.40. The summed E-state index contributed by atoms with van der Waals surface area (Å²) in [6.45, 7) is 3.54. The number of anilines is 1. The lowest BCUT2D eigenvalue weighted by atomic mass is 10.1. The highest BCUT2D eigenvalue weighted by atomic mass is 32.2. The predicted molar refractivity (Wildman–Crippen MR) is 81.5 cm³/mol. The van der Waals surface area contributed by atoms with E-state index in [0.717, 1.165) is 17.0 Å². The molecule has 2 rings (SSSR count). The maximum Gasteiger partial charge on any atom is 0.221 e. The molecule has 0 atom stereocenters. The summed E-state index contributed by atoms with van der Waals surface area (Å²) in [4.78, 5) is 12.3. The van der Waals surface area contributed by atoms with Crippen molar-refractivity contribution in [3.8, 4) is 0 Å². The summed E-state index contributed by atoms with van der Waals surface area (Å²) in [5.74, 6) is 0.903. The molecule has 0 fully saturated rings. The second kappa shape index (κ2) is 6.43. The van der Waals surface area contributed by atoms with Gasteiger partial charge in [-0.2, -0.15) is 0 Å². The molecule has 1 amide bonds. The van der Waals surface area contributed by atoms with Crippen molar-refractivity contribution in [1.29, 1.82) is 0 Å². The lowest BCUT2D eigenvalue weighted by Crippen LogP contribution is -2.07. The second-order valence-electron chi connectivity index (χ2n) is 4.43. The van der Waals surface area contributed by atoms with Gasteiger partial charge >= 0.3 is 0 Å². The van der Waals surface area contributed by atoms with Gasteiger partial charge in [0.1, 0.15) is 0 Å². The molecule has 0 spiro atoms. The molecular formula is C16H17NOS. The van der Waals surface area contributed by atoms with Gasteiger partial charge in [0, 0.05) is 23.3 Å². The van der Waals surface area contributed by atoms with Gasteiger partial charge in [-0.1, -0.05) is 30.3 Å². The minimum absolute atomic E-state index is 0.0329. The van der Waals surface area contributed by atoms with Crippen LogP contribution >= 0.6 is 11.8 Å². The normalized spacial score (nSPS) is 10.2. The fraction of sp³-hybridized carbons (Fsp3) is 0.188. The first-order valence-electron chi connectivity index (χ1n) is 6.20. The smallest absolute Gasteiger partial charge is 0.221 e. The summed E-state index contributed by atoms with van der Waals surface area (Å²) in [6.07, 6.45) is 0. The van der Waals surface area contributed by atoms with Crippen molar-refractivity contribution in [1.82, 2.24) is 0 Å². The molecule has 0 heterocycles. The van der Waals surface area contributed by atoms with Crippen LogP contribution in [0.5, 0.6) is 0 Å². The fourth-order valence-corrected chi connectivity index (χ4v) is 2.69. The van der Waals surface area contributed by atoms with E-state index < -0.39 is 0 Å². The van der Waals surface area contributed by atoms with Gasteiger partial charge in [-0.15, -0.1) is 11.8 Å². The Morgan fingerprint density at radius 2 is 1.89 bits per heavy atom. The topological polar surface area (TPSA) is 29.1 Å². The summed E-state index contributed by atoms with van der Waals surface area (Å²) in [5, 5.41) is 2.83. The van der Waals surface area contributed by atoms with E-state index in [1.54, 1.807) is 0 Å². The Morgan fingerprint density at radius 3 is 2.53 bits per heavy atom. The van der Waals surface area contributed by atoms with Crippen molar-refractivity contribution in [2.24, 2.45) is 0 Å². The van der Waals surface area contributed by atoms with Crippen molar-refractivity contribution in [3.63, 3.8) is 0 Å². The number of benzene rings is 2. The Labute approximate surface area is 118 Å². The quantitative estimate of drug-likeness (QED) is 0.842. The van der Waals surface area contributed by atoms with E-state index in [4.69, 9.17) is 0 Å². The van der Waals surface area contributed by atoms with Crippen LogP contribution in [0, 0.1) is 6.92 Å². The zero-order valence-electron chi connectivity index (χ0n) is 11.1. The Morgan fingerprint density at radius 1 is 1.16 bits per heavy atom. The minimum Gasteiger partial charge on any atom is -0.326 e. The third-order valence-electron chi connectivity index (χ3n) is 2.75. The molecule has 0 aliphatic carbocycles. The van der Waals surface area contributed by atoms with E-state index in [-0.39, 0.29) is 5.91 Å². The van der Waals surface area contributed by atoms with Gasteiger partial charge in [-0.25, -0.2) is 0 Å². The Balaban J connectivity index is 2.02. The van der Waals surface area contributed by atoms with Gasteiger partial charge in [-0.3, -0.25) is 4.79 Å². The van der Waals surface area contributed by atoms with Crippen LogP contribution in [0.25, 0.3) is 0 Å². The fourth-order valence-electron chi connectivity index (χ4n) is 1.83. The molecule has 98 valence electrons. The number of hydrogen-bond acceptors (Lipinski definition) is 2. The standard InChI is InChI=1S/C16H17NOS/c1-12-10-14(8-9-16(12)17-13(2)18)11-19-15-6-4-3-5-7-15/h3-10H,11H2,1-2H3,(H,17,18). The molecule has 0 bridgehead atoms. The van der Waals surface area contributed by atoms with Crippen molar-refractivity contribution in [2.45, 2.75) is 24.5 Å². The highest BCUT2D eigenvalue weighted by Gasteiger charge is 2.02. The molecule has 1 N–H and O–H groups in total. The number of nitrogens with one attached hydrogen (secondary N) is 1. The largest absolute Gasteiger partial charge is 0.326 e. The predicted octanol–water partition coefficient (Wildman–Crippen LogP) is 4.25. The van der Waals surface area contributed by atoms with Crippen LogP contribution < -0.4 is 5.32 Å². The number of carbonyl (C=O) groups excluding carboxylic acids is 1. The second-order valence-corrected chi connectivity index (χ2v) is 5.48. The number of hydrogen-bond donors (Lipinski definition) is 1. The van der Waals surface area contributed by atoms with Crippen LogP contribution in [-0.4, -0.2) is 5.91 Å². The number of thioether (sulfide) groups is 1. The van der Waals surface area contributed by atoms with Gasteiger partial charge in [-0.05, 0) is 36.2 Å². The summed E-state index contributed by atoms with van der Waals surface area (Å²) in [6, 6.07) is 16.5. The van der Waals surface area contributed by atoms with E-state index in [9.17, 15) is 4.79 Å². The Bertz CT molecular complexity index is 566. The number of carbonyl (C=O) groups is 1. The maximum atomic E-state index is 11.0. The summed E-state index contributed by atoms with van der Waals surface area (Å²) in [5.41, 5.74) is 3.25. The molecular weight excluding hydrogens is 254 g/mol. The molecule has 0 aliphatic heterocycles. The number of aryl methyl sites for hydroxylation is 1. The van der Waals surface area contributed by atoms with Crippen LogP contribution in [0.3, 0.4) is 0 Å². The van der Waals surface area contributed by atoms with Gasteiger partial charge in [0.25, 0.3) is 0 Å². The lowest BCUT2D eigenvalue weighted by molar-refractivity contribution is -0.114. The van der Waals surface area contributed by atoms with Crippen molar-refractivity contribution < 1.29 is 4.79 Å². The van der Waals surface area contributed by atoms with Crippen LogP contribution in [0.4, 0.5) is 5.69 Å². The van der Waals surface area contributed by atoms with Crippen LogP contribution in [0.2, 0.25) is 0 Å². The maximum absolute atomic E-state index is 11.0. The molecule has 2 nitrogen and oxygen atoms in total. The molecule has 0 aromatic heterocycles. The van der Waals surface area contributed by atoms with Gasteiger partial charge < -0.3 is 5.32 Å². The van der Waals surface area contributed by atoms with E-state index in [2.05, 4.69) is 29.6 Å². The van der Waals surface area contributed by atoms with Crippen LogP contribution in [0.1, 0.15) is 18.1 Å². The van der Waals surface area contributed by atoms with Crippen molar-refractivity contribution >= 4 is 23.4 Å². The monoisotopic (exact) mass is 271 g/mol. The SMILES string of the molecule is CC(=O)Nc1ccc(CSc2ccccc2)cc1C. The van der Waals surface area contributed by atoms with E-state index in [1.807, 2.05) is 43.0 Å². The van der Waals surface area contributed by atoms with Crippen LogP contribution in [0.15, 0.2) is 53.4 Å².